The maximum absolute atomic E-state index is 9.75. The summed E-state index contributed by atoms with van der Waals surface area (Å²) in [7, 11) is -3.97. The Balaban J connectivity index is 0.000000336. The van der Waals surface area contributed by atoms with Gasteiger partial charge in [0, 0.05) is 26.0 Å². The molecule has 3 nitrogen and oxygen atoms in total. The molecule has 0 aromatic heterocycles. The Kier molecular flexibility index (Phi) is 5.49. The van der Waals surface area contributed by atoms with Crippen LogP contribution >= 0.6 is 0 Å². The molecule has 0 radical (unpaired) electrons. The third-order valence-electron chi connectivity index (χ3n) is 1.92. The Morgan fingerprint density at radius 3 is 2.00 bits per heavy atom. The average Bonchev–Trinajstić information content (AvgIpc) is 2.34. The highest BCUT2D eigenvalue weighted by Gasteiger charge is 2.20. The Morgan fingerprint density at radius 1 is 1.27 bits per heavy atom. The van der Waals surface area contributed by atoms with Crippen LogP contribution in [0.15, 0.2) is 12.4 Å². The number of rotatable bonds is 2. The Labute approximate surface area is 86.1 Å². The van der Waals surface area contributed by atoms with Gasteiger partial charge in [0.05, 0.1) is 12.8 Å². The Bertz CT molecular complexity index is 206. The minimum Gasteiger partial charge on any atom is -0.418 e. The fourth-order valence-electron chi connectivity index (χ4n) is 1.05. The summed E-state index contributed by atoms with van der Waals surface area (Å²) in [6.45, 7) is 3.06. The van der Waals surface area contributed by atoms with Crippen LogP contribution in [0.4, 0.5) is 17.3 Å². The Morgan fingerprint density at radius 2 is 1.73 bits per heavy atom. The van der Waals surface area contributed by atoms with Gasteiger partial charge in [-0.1, -0.05) is 0 Å². The van der Waals surface area contributed by atoms with E-state index >= 15 is 0 Å². The van der Waals surface area contributed by atoms with Crippen molar-refractivity contribution in [1.29, 1.82) is 0 Å². The van der Waals surface area contributed by atoms with Gasteiger partial charge in [0.2, 0.25) is 0 Å². The van der Waals surface area contributed by atoms with E-state index in [2.05, 4.69) is 16.7 Å². The van der Waals surface area contributed by atoms with Gasteiger partial charge in [-0.2, -0.15) is 0 Å². The van der Waals surface area contributed by atoms with Gasteiger partial charge in [-0.25, -0.2) is 0 Å². The molecule has 0 aromatic rings. The minimum absolute atomic E-state index is 0.225. The molecule has 1 unspecified atom stereocenters. The fourth-order valence-corrected chi connectivity index (χ4v) is 1.05. The van der Waals surface area contributed by atoms with Crippen LogP contribution in [-0.2, 0) is 0 Å². The number of halogens is 4. The van der Waals surface area contributed by atoms with Crippen molar-refractivity contribution in [2.24, 2.45) is 0 Å². The topological polar surface area (TPSA) is 26.7 Å². The zero-order valence-corrected chi connectivity index (χ0v) is 8.58. The number of hydrogen-bond acceptors (Lipinski definition) is 3. The minimum atomic E-state index is -6.00. The molecular formula is C7H14BF4N2O-. The first-order valence-electron chi connectivity index (χ1n) is 4.40. The van der Waals surface area contributed by atoms with E-state index in [1.165, 1.54) is 0 Å². The molecule has 0 amide bonds. The van der Waals surface area contributed by atoms with Crippen molar-refractivity contribution < 1.29 is 22.4 Å². The van der Waals surface area contributed by atoms with Gasteiger partial charge >= 0.3 is 7.25 Å². The highest BCUT2D eigenvalue weighted by atomic mass is 19.5. The summed E-state index contributed by atoms with van der Waals surface area (Å²) >= 11 is 0. The van der Waals surface area contributed by atoms with Crippen LogP contribution in [0.3, 0.4) is 0 Å². The molecule has 15 heavy (non-hydrogen) atoms. The van der Waals surface area contributed by atoms with Gasteiger partial charge in [0.15, 0.2) is 0 Å². The lowest BCUT2D eigenvalue weighted by Crippen LogP contribution is -2.35. The second-order valence-electron chi connectivity index (χ2n) is 3.05. The molecule has 0 saturated carbocycles. The summed E-state index contributed by atoms with van der Waals surface area (Å²) in [5.74, 6) is 0. The van der Waals surface area contributed by atoms with Crippen LogP contribution in [0.2, 0.25) is 0 Å². The van der Waals surface area contributed by atoms with Gasteiger partial charge < -0.3 is 32.2 Å². The van der Waals surface area contributed by atoms with E-state index < -0.39 is 7.25 Å². The zero-order chi connectivity index (χ0) is 12.1. The number of hydrogen-bond donors (Lipinski definition) is 1. The van der Waals surface area contributed by atoms with E-state index in [4.69, 9.17) is 5.11 Å². The molecule has 0 aliphatic carbocycles. The smallest absolute Gasteiger partial charge is 0.418 e. The summed E-state index contributed by atoms with van der Waals surface area (Å²) in [6, 6.07) is 0. The summed E-state index contributed by atoms with van der Waals surface area (Å²) in [4.78, 5) is 4.20. The number of aliphatic hydroxyl groups is 1. The van der Waals surface area contributed by atoms with Crippen molar-refractivity contribution in [2.45, 2.75) is 13.1 Å². The average molecular weight is 229 g/mol. The maximum Gasteiger partial charge on any atom is 0.673 e. The van der Waals surface area contributed by atoms with Crippen molar-refractivity contribution in [1.82, 2.24) is 9.80 Å². The van der Waals surface area contributed by atoms with Gasteiger partial charge in [-0.05, 0) is 6.92 Å². The van der Waals surface area contributed by atoms with Crippen molar-refractivity contribution in [3.8, 4) is 0 Å². The van der Waals surface area contributed by atoms with Gasteiger partial charge in [-0.3, -0.25) is 0 Å². The van der Waals surface area contributed by atoms with E-state index in [-0.39, 0.29) is 6.61 Å². The molecule has 90 valence electrons. The maximum atomic E-state index is 9.75. The second-order valence-corrected chi connectivity index (χ2v) is 3.05. The predicted octanol–water partition coefficient (Wildman–Crippen LogP) is 1.34. The van der Waals surface area contributed by atoms with Crippen molar-refractivity contribution in [3.63, 3.8) is 0 Å². The van der Waals surface area contributed by atoms with E-state index in [9.17, 15) is 17.3 Å². The second kappa shape index (κ2) is 5.84. The summed E-state index contributed by atoms with van der Waals surface area (Å²) in [6.07, 6.45) is 4.41. The normalized spacial score (nSPS) is 20.3. The molecule has 1 aliphatic rings. The van der Waals surface area contributed by atoms with Crippen LogP contribution in [0.5, 0.6) is 0 Å². The lowest BCUT2D eigenvalue weighted by atomic mass is 10.3. The number of nitrogens with zero attached hydrogens (tertiary/aromatic N) is 2. The van der Waals surface area contributed by atoms with Crippen molar-refractivity contribution in [3.05, 3.63) is 12.4 Å². The molecule has 0 fully saturated rings. The fraction of sp³-hybridized carbons (Fsp3) is 0.714. The third kappa shape index (κ3) is 7.07. The standard InChI is InChI=1S/C7H14N2O.BF4/c1-7-8(2)3-4-9(7)5-6-10;2-1(3,4)5/h3-4,7,10H,5-6H2,1-2H3;/q;-1. The molecule has 1 heterocycles. The SMILES string of the molecule is CC1N(C)C=CN1CCO.F[B-](F)(F)F. The lowest BCUT2D eigenvalue weighted by Gasteiger charge is -2.26. The van der Waals surface area contributed by atoms with Gasteiger partial charge in [-0.15, -0.1) is 0 Å². The van der Waals surface area contributed by atoms with Crippen LogP contribution in [0, 0.1) is 0 Å². The lowest BCUT2D eigenvalue weighted by molar-refractivity contribution is 0.159. The molecule has 0 bridgehead atoms. The zero-order valence-electron chi connectivity index (χ0n) is 8.58. The van der Waals surface area contributed by atoms with E-state index in [0.29, 0.717) is 6.17 Å². The van der Waals surface area contributed by atoms with Crippen molar-refractivity contribution >= 4 is 7.25 Å². The highest BCUT2D eigenvalue weighted by Crippen LogP contribution is 2.11. The van der Waals surface area contributed by atoms with Crippen LogP contribution in [0.25, 0.3) is 0 Å². The molecule has 1 N–H and O–H groups in total. The number of β-amino-alcohol motifs (C(OH)–C–C–N with tert-alkyl or cyclic N) is 1. The van der Waals surface area contributed by atoms with E-state index in [1.54, 1.807) is 0 Å². The molecule has 0 aromatic carbocycles. The predicted molar refractivity (Wildman–Crippen MR) is 50.3 cm³/mol. The number of aliphatic hydroxyl groups excluding tert-OH is 1. The first kappa shape index (κ1) is 14.1. The van der Waals surface area contributed by atoms with Gasteiger partial charge in [0.1, 0.15) is 0 Å². The first-order chi connectivity index (χ1) is 6.75. The molecule has 0 saturated heterocycles. The highest BCUT2D eigenvalue weighted by molar-refractivity contribution is 6.50. The Hall–Kier alpha value is -0.915. The monoisotopic (exact) mass is 229 g/mol. The van der Waals surface area contributed by atoms with Gasteiger partial charge in [0.25, 0.3) is 0 Å². The molecule has 8 heteroatoms. The molecule has 1 rings (SSSR count). The summed E-state index contributed by atoms with van der Waals surface area (Å²) in [5.41, 5.74) is 0. The van der Waals surface area contributed by atoms with Crippen LogP contribution < -0.4 is 0 Å². The summed E-state index contributed by atoms with van der Waals surface area (Å²) in [5, 5.41) is 8.64. The summed E-state index contributed by atoms with van der Waals surface area (Å²) < 4.78 is 39.0. The quantitative estimate of drug-likeness (QED) is 0.571. The third-order valence-corrected chi connectivity index (χ3v) is 1.92. The van der Waals surface area contributed by atoms with Crippen LogP contribution in [0.1, 0.15) is 6.92 Å². The molecule has 1 aliphatic heterocycles. The molecule has 1 atom stereocenters. The van der Waals surface area contributed by atoms with E-state index in [0.717, 1.165) is 6.54 Å². The molecule has 0 spiro atoms. The first-order valence-corrected chi connectivity index (χ1v) is 4.40. The van der Waals surface area contributed by atoms with E-state index in [1.807, 2.05) is 19.4 Å². The van der Waals surface area contributed by atoms with Crippen molar-refractivity contribution in [2.75, 3.05) is 20.2 Å². The molecular weight excluding hydrogens is 215 g/mol. The largest absolute Gasteiger partial charge is 0.673 e. The van der Waals surface area contributed by atoms with Crippen LogP contribution in [-0.4, -0.2) is 48.5 Å².